The number of rotatable bonds is 5. The third kappa shape index (κ3) is 4.01. The molecule has 1 unspecified atom stereocenters. The summed E-state index contributed by atoms with van der Waals surface area (Å²) in [4.78, 5) is 28.0. The van der Waals surface area contributed by atoms with Crippen LogP contribution in [0.1, 0.15) is 32.8 Å². The number of hydrogen-bond acceptors (Lipinski definition) is 7. The molecule has 2 aliphatic rings. The van der Waals surface area contributed by atoms with Gasteiger partial charge in [0.05, 0.1) is 18.6 Å². The van der Waals surface area contributed by atoms with Crippen LogP contribution in [0.25, 0.3) is 0 Å². The number of carbonyl (C=O) groups is 1. The fourth-order valence-electron chi connectivity index (χ4n) is 3.66. The Kier molecular flexibility index (Phi) is 5.86. The lowest BCUT2D eigenvalue weighted by molar-refractivity contribution is -0.142. The quantitative estimate of drug-likeness (QED) is 0.820. The molecule has 0 spiro atoms. The van der Waals surface area contributed by atoms with E-state index < -0.39 is 11.4 Å². The first kappa shape index (κ1) is 19.8. The van der Waals surface area contributed by atoms with E-state index in [1.165, 1.54) is 0 Å². The fourth-order valence-corrected chi connectivity index (χ4v) is 3.66. The van der Waals surface area contributed by atoms with Crippen molar-refractivity contribution in [2.24, 2.45) is 0 Å². The highest BCUT2D eigenvalue weighted by atomic mass is 16.5. The van der Waals surface area contributed by atoms with Crippen LogP contribution in [0, 0.1) is 0 Å². The zero-order chi connectivity index (χ0) is 19.6. The standard InChI is InChI=1S/C19H31N5O3/c1-5-14-13-24(7-6-22(14)4)18-20-12-15(19(2,3)17(25)26)16(21-18)23-8-10-27-11-9-23/h12,14H,5-11,13H2,1-4H3,(H,25,26). The first-order valence-electron chi connectivity index (χ1n) is 9.73. The van der Waals surface area contributed by atoms with Crippen molar-refractivity contribution >= 4 is 17.7 Å². The molecule has 1 aromatic heterocycles. The van der Waals surface area contributed by atoms with Crippen LogP contribution in [0.3, 0.4) is 0 Å². The lowest BCUT2D eigenvalue weighted by Gasteiger charge is -2.40. The van der Waals surface area contributed by atoms with E-state index in [0.717, 1.165) is 31.9 Å². The minimum Gasteiger partial charge on any atom is -0.481 e. The Hall–Kier alpha value is -1.93. The number of likely N-dealkylation sites (N-methyl/N-ethyl adjacent to an activating group) is 1. The molecule has 3 rings (SSSR count). The highest BCUT2D eigenvalue weighted by Crippen LogP contribution is 2.33. The number of ether oxygens (including phenoxy) is 1. The van der Waals surface area contributed by atoms with E-state index in [1.807, 2.05) is 0 Å². The Balaban J connectivity index is 1.96. The Bertz CT molecular complexity index is 675. The normalized spacial score (nSPS) is 22.1. The third-order valence-corrected chi connectivity index (χ3v) is 5.81. The molecule has 2 saturated heterocycles. The first-order valence-corrected chi connectivity index (χ1v) is 9.73. The summed E-state index contributed by atoms with van der Waals surface area (Å²) in [6.07, 6.45) is 2.79. The smallest absolute Gasteiger partial charge is 0.313 e. The molecule has 1 aromatic rings. The number of aliphatic carboxylic acids is 1. The van der Waals surface area contributed by atoms with E-state index in [2.05, 4.69) is 33.7 Å². The van der Waals surface area contributed by atoms with Gasteiger partial charge in [0.25, 0.3) is 0 Å². The number of hydrogen-bond donors (Lipinski definition) is 1. The first-order chi connectivity index (χ1) is 12.8. The zero-order valence-electron chi connectivity index (χ0n) is 16.8. The molecular formula is C19H31N5O3. The van der Waals surface area contributed by atoms with E-state index in [1.54, 1.807) is 20.0 Å². The Labute approximate surface area is 161 Å². The summed E-state index contributed by atoms with van der Waals surface area (Å²) in [7, 11) is 2.16. The Morgan fingerprint density at radius 1 is 1.26 bits per heavy atom. The predicted octanol–water partition coefficient (Wildman–Crippen LogP) is 1.21. The van der Waals surface area contributed by atoms with Gasteiger partial charge in [-0.15, -0.1) is 0 Å². The highest BCUT2D eigenvalue weighted by molar-refractivity contribution is 5.82. The molecule has 1 atom stereocenters. The van der Waals surface area contributed by atoms with Crippen molar-refractivity contribution < 1.29 is 14.6 Å². The molecule has 0 aliphatic carbocycles. The van der Waals surface area contributed by atoms with Crippen LogP contribution in [-0.2, 0) is 14.9 Å². The second-order valence-corrected chi connectivity index (χ2v) is 7.93. The summed E-state index contributed by atoms with van der Waals surface area (Å²) in [6.45, 7) is 11.0. The van der Waals surface area contributed by atoms with Crippen molar-refractivity contribution in [2.45, 2.75) is 38.6 Å². The predicted molar refractivity (Wildman–Crippen MR) is 105 cm³/mol. The van der Waals surface area contributed by atoms with Crippen molar-refractivity contribution in [3.63, 3.8) is 0 Å². The molecule has 0 amide bonds. The molecule has 8 nitrogen and oxygen atoms in total. The largest absolute Gasteiger partial charge is 0.481 e. The van der Waals surface area contributed by atoms with Gasteiger partial charge in [-0.2, -0.15) is 4.98 Å². The van der Waals surface area contributed by atoms with Crippen LogP contribution in [0.2, 0.25) is 0 Å². The van der Waals surface area contributed by atoms with Gasteiger partial charge in [0, 0.05) is 50.5 Å². The molecule has 0 saturated carbocycles. The second-order valence-electron chi connectivity index (χ2n) is 7.93. The molecule has 1 N–H and O–H groups in total. The number of nitrogens with zero attached hydrogens (tertiary/aromatic N) is 5. The average Bonchev–Trinajstić information content (AvgIpc) is 2.68. The molecular weight excluding hydrogens is 346 g/mol. The number of aromatic nitrogens is 2. The topological polar surface area (TPSA) is 82.0 Å². The summed E-state index contributed by atoms with van der Waals surface area (Å²) in [5.41, 5.74) is -0.401. The molecule has 0 bridgehead atoms. The fraction of sp³-hybridized carbons (Fsp3) is 0.737. The van der Waals surface area contributed by atoms with Crippen molar-refractivity contribution in [2.75, 3.05) is 62.8 Å². The van der Waals surface area contributed by atoms with Gasteiger partial charge >= 0.3 is 5.97 Å². The van der Waals surface area contributed by atoms with Crippen LogP contribution in [0.5, 0.6) is 0 Å². The number of carboxylic acids is 1. The minimum absolute atomic E-state index is 0.476. The van der Waals surface area contributed by atoms with Gasteiger partial charge in [-0.05, 0) is 27.3 Å². The van der Waals surface area contributed by atoms with Gasteiger partial charge in [0.15, 0.2) is 0 Å². The summed E-state index contributed by atoms with van der Waals surface area (Å²) in [5, 5.41) is 9.72. The van der Waals surface area contributed by atoms with Gasteiger partial charge in [-0.3, -0.25) is 9.69 Å². The van der Waals surface area contributed by atoms with Crippen molar-refractivity contribution in [1.82, 2.24) is 14.9 Å². The van der Waals surface area contributed by atoms with Crippen molar-refractivity contribution in [3.05, 3.63) is 11.8 Å². The van der Waals surface area contributed by atoms with Crippen LogP contribution >= 0.6 is 0 Å². The van der Waals surface area contributed by atoms with Crippen LogP contribution < -0.4 is 9.80 Å². The van der Waals surface area contributed by atoms with E-state index in [4.69, 9.17) is 9.72 Å². The van der Waals surface area contributed by atoms with Crippen molar-refractivity contribution in [1.29, 1.82) is 0 Å². The van der Waals surface area contributed by atoms with E-state index in [0.29, 0.717) is 43.9 Å². The maximum atomic E-state index is 11.8. The summed E-state index contributed by atoms with van der Waals surface area (Å²) < 4.78 is 5.46. The molecule has 0 aromatic carbocycles. The molecule has 27 heavy (non-hydrogen) atoms. The average molecular weight is 377 g/mol. The van der Waals surface area contributed by atoms with Crippen LogP contribution in [0.15, 0.2) is 6.20 Å². The van der Waals surface area contributed by atoms with Gasteiger partial charge in [0.2, 0.25) is 5.95 Å². The lowest BCUT2D eigenvalue weighted by Crippen LogP contribution is -2.51. The number of anilines is 2. The van der Waals surface area contributed by atoms with E-state index in [-0.39, 0.29) is 0 Å². The molecule has 8 heteroatoms. The van der Waals surface area contributed by atoms with Gasteiger partial charge in [0.1, 0.15) is 5.82 Å². The Morgan fingerprint density at radius 2 is 1.96 bits per heavy atom. The summed E-state index contributed by atoms with van der Waals surface area (Å²) in [6, 6.07) is 0.476. The number of carboxylic acid groups (broad SMARTS) is 1. The van der Waals surface area contributed by atoms with Crippen LogP contribution in [-0.4, -0.2) is 85.0 Å². The van der Waals surface area contributed by atoms with E-state index in [9.17, 15) is 9.90 Å². The number of piperazine rings is 1. The molecule has 0 radical (unpaired) electrons. The summed E-state index contributed by atoms with van der Waals surface area (Å²) in [5.74, 6) is 0.537. The van der Waals surface area contributed by atoms with Crippen molar-refractivity contribution in [3.8, 4) is 0 Å². The van der Waals surface area contributed by atoms with Crippen LogP contribution in [0.4, 0.5) is 11.8 Å². The summed E-state index contributed by atoms with van der Waals surface area (Å²) >= 11 is 0. The maximum Gasteiger partial charge on any atom is 0.313 e. The lowest BCUT2D eigenvalue weighted by atomic mass is 9.85. The minimum atomic E-state index is -1.06. The van der Waals surface area contributed by atoms with Gasteiger partial charge in [-0.1, -0.05) is 6.92 Å². The number of morpholine rings is 1. The maximum absolute atomic E-state index is 11.8. The molecule has 2 aliphatic heterocycles. The second kappa shape index (κ2) is 7.98. The van der Waals surface area contributed by atoms with E-state index >= 15 is 0 Å². The zero-order valence-corrected chi connectivity index (χ0v) is 16.8. The van der Waals surface area contributed by atoms with Gasteiger partial charge < -0.3 is 19.6 Å². The van der Waals surface area contributed by atoms with Gasteiger partial charge in [-0.25, -0.2) is 4.98 Å². The highest BCUT2D eigenvalue weighted by Gasteiger charge is 2.36. The third-order valence-electron chi connectivity index (χ3n) is 5.81. The molecule has 2 fully saturated rings. The molecule has 3 heterocycles. The molecule has 150 valence electrons. The Morgan fingerprint density at radius 3 is 2.59 bits per heavy atom. The monoisotopic (exact) mass is 377 g/mol. The SMILES string of the molecule is CCC1CN(c2ncc(C(C)(C)C(=O)O)c(N3CCOCC3)n2)CCN1C.